The molecule has 5 heteroatoms. The van der Waals surface area contributed by atoms with E-state index in [4.69, 9.17) is 0 Å². The van der Waals surface area contributed by atoms with Crippen molar-refractivity contribution in [3.8, 4) is 11.3 Å². The highest BCUT2D eigenvalue weighted by atomic mass is 19.3. The minimum absolute atomic E-state index is 0.153. The van der Waals surface area contributed by atoms with Crippen molar-refractivity contribution in [1.29, 1.82) is 0 Å². The molecule has 0 spiro atoms. The van der Waals surface area contributed by atoms with Crippen LogP contribution in [0.25, 0.3) is 11.3 Å². The van der Waals surface area contributed by atoms with E-state index in [0.717, 1.165) is 16.8 Å². The van der Waals surface area contributed by atoms with Gasteiger partial charge in [-0.1, -0.05) is 24.3 Å². The highest BCUT2D eigenvalue weighted by Gasteiger charge is 2.47. The number of hydrogen-bond acceptors (Lipinski definition) is 2. The summed E-state index contributed by atoms with van der Waals surface area (Å²) in [6.45, 7) is 0. The third kappa shape index (κ3) is 1.91. The van der Waals surface area contributed by atoms with Crippen molar-refractivity contribution in [3.63, 3.8) is 0 Å². The van der Waals surface area contributed by atoms with Gasteiger partial charge < -0.3 is 9.67 Å². The van der Waals surface area contributed by atoms with Crippen LogP contribution in [0.15, 0.2) is 36.8 Å². The van der Waals surface area contributed by atoms with Crippen LogP contribution in [0.1, 0.15) is 30.9 Å². The molecule has 21 heavy (non-hydrogen) atoms. The standard InChI is InChI=1S/C16H16F2N2O/c17-16(18)6-5-14(21)12(7-16)15-11-4-2-1-3-10(11)13-8-19-9-20(13)15/h1-4,8-9,12,14-15,21H,5-7H2/t12-,14-,15?/m0/s1. The predicted octanol–water partition coefficient (Wildman–Crippen LogP) is 3.25. The first-order valence-electron chi connectivity index (χ1n) is 7.24. The SMILES string of the molecule is O[C@H]1CCC(F)(F)C[C@@H]1C1c2ccccc2-c2cncn21. The van der Waals surface area contributed by atoms with Crippen LogP contribution >= 0.6 is 0 Å². The fraction of sp³-hybridized carbons (Fsp3) is 0.438. The molecule has 0 amide bonds. The van der Waals surface area contributed by atoms with Crippen LogP contribution in [0.4, 0.5) is 8.78 Å². The van der Waals surface area contributed by atoms with Crippen molar-refractivity contribution in [2.24, 2.45) is 5.92 Å². The third-order valence-corrected chi connectivity index (χ3v) is 4.76. The van der Waals surface area contributed by atoms with Crippen LogP contribution in [0.5, 0.6) is 0 Å². The average Bonchev–Trinajstić information content (AvgIpc) is 3.02. The molecular formula is C16H16F2N2O. The summed E-state index contributed by atoms with van der Waals surface area (Å²) in [4.78, 5) is 4.14. The molecule has 2 aromatic rings. The first kappa shape index (κ1) is 13.0. The Kier molecular flexibility index (Phi) is 2.70. The van der Waals surface area contributed by atoms with Gasteiger partial charge in [0.05, 0.1) is 30.4 Å². The predicted molar refractivity (Wildman–Crippen MR) is 74.1 cm³/mol. The van der Waals surface area contributed by atoms with Crippen LogP contribution in [0, 0.1) is 5.92 Å². The normalized spacial score (nSPS) is 30.0. The van der Waals surface area contributed by atoms with Crippen LogP contribution in [0.2, 0.25) is 0 Å². The summed E-state index contributed by atoms with van der Waals surface area (Å²) >= 11 is 0. The molecule has 3 nitrogen and oxygen atoms in total. The minimum Gasteiger partial charge on any atom is -0.393 e. The van der Waals surface area contributed by atoms with E-state index in [1.807, 2.05) is 28.8 Å². The van der Waals surface area contributed by atoms with Crippen molar-refractivity contribution < 1.29 is 13.9 Å². The van der Waals surface area contributed by atoms with Crippen molar-refractivity contribution in [2.75, 3.05) is 0 Å². The molecule has 4 rings (SSSR count). The number of halogens is 2. The van der Waals surface area contributed by atoms with Crippen LogP contribution in [-0.4, -0.2) is 26.7 Å². The molecule has 2 aliphatic rings. The molecule has 0 radical (unpaired) electrons. The van der Waals surface area contributed by atoms with Gasteiger partial charge >= 0.3 is 0 Å². The molecule has 1 fully saturated rings. The molecule has 1 aromatic carbocycles. The van der Waals surface area contributed by atoms with Crippen molar-refractivity contribution in [2.45, 2.75) is 37.3 Å². The van der Waals surface area contributed by atoms with E-state index in [0.29, 0.717) is 0 Å². The Labute approximate surface area is 121 Å². The number of imidazole rings is 1. The lowest BCUT2D eigenvalue weighted by Crippen LogP contribution is -2.40. The summed E-state index contributed by atoms with van der Waals surface area (Å²) in [7, 11) is 0. The zero-order valence-electron chi connectivity index (χ0n) is 11.4. The van der Waals surface area contributed by atoms with Gasteiger partial charge in [-0.3, -0.25) is 0 Å². The Bertz CT molecular complexity index is 682. The van der Waals surface area contributed by atoms with Crippen LogP contribution in [-0.2, 0) is 0 Å². The molecule has 1 saturated carbocycles. The van der Waals surface area contributed by atoms with Gasteiger partial charge in [0.2, 0.25) is 5.92 Å². The zero-order valence-corrected chi connectivity index (χ0v) is 11.4. The highest BCUT2D eigenvalue weighted by molar-refractivity contribution is 5.69. The second kappa shape index (κ2) is 4.37. The molecule has 0 bridgehead atoms. The topological polar surface area (TPSA) is 38.1 Å². The van der Waals surface area contributed by atoms with Gasteiger partial charge in [0.15, 0.2) is 0 Å². The van der Waals surface area contributed by atoms with E-state index in [-0.39, 0.29) is 25.3 Å². The van der Waals surface area contributed by atoms with Crippen LogP contribution in [0.3, 0.4) is 0 Å². The van der Waals surface area contributed by atoms with Gasteiger partial charge in [0.1, 0.15) is 0 Å². The number of alkyl halides is 2. The lowest BCUT2D eigenvalue weighted by atomic mass is 9.77. The smallest absolute Gasteiger partial charge is 0.248 e. The highest BCUT2D eigenvalue weighted by Crippen LogP contribution is 2.49. The Hall–Kier alpha value is -1.75. The van der Waals surface area contributed by atoms with Crippen molar-refractivity contribution >= 4 is 0 Å². The maximum atomic E-state index is 13.8. The van der Waals surface area contributed by atoms with Crippen LogP contribution < -0.4 is 0 Å². The Morgan fingerprint density at radius 3 is 2.95 bits per heavy atom. The quantitative estimate of drug-likeness (QED) is 0.875. The summed E-state index contributed by atoms with van der Waals surface area (Å²) in [6, 6.07) is 7.55. The Balaban J connectivity index is 1.82. The second-order valence-corrected chi connectivity index (χ2v) is 6.05. The fourth-order valence-electron chi connectivity index (χ4n) is 3.79. The average molecular weight is 290 g/mol. The fourth-order valence-corrected chi connectivity index (χ4v) is 3.79. The monoisotopic (exact) mass is 290 g/mol. The summed E-state index contributed by atoms with van der Waals surface area (Å²) in [5.41, 5.74) is 2.98. The summed E-state index contributed by atoms with van der Waals surface area (Å²) in [6.07, 6.45) is 2.39. The Morgan fingerprint density at radius 1 is 1.29 bits per heavy atom. The number of hydrogen-bond donors (Lipinski definition) is 1. The molecule has 1 aliphatic carbocycles. The number of aliphatic hydroxyl groups is 1. The molecule has 1 aromatic heterocycles. The first-order chi connectivity index (χ1) is 10.1. The number of rotatable bonds is 1. The Morgan fingerprint density at radius 2 is 2.10 bits per heavy atom. The molecule has 2 heterocycles. The summed E-state index contributed by atoms with van der Waals surface area (Å²) in [5, 5.41) is 10.3. The van der Waals surface area contributed by atoms with E-state index >= 15 is 0 Å². The molecule has 1 unspecified atom stereocenters. The zero-order chi connectivity index (χ0) is 14.6. The molecule has 0 saturated heterocycles. The maximum Gasteiger partial charge on any atom is 0.248 e. The first-order valence-corrected chi connectivity index (χ1v) is 7.24. The number of benzene rings is 1. The summed E-state index contributed by atoms with van der Waals surface area (Å²) in [5.74, 6) is -3.17. The summed E-state index contributed by atoms with van der Waals surface area (Å²) < 4.78 is 29.6. The van der Waals surface area contributed by atoms with Crippen molar-refractivity contribution in [3.05, 3.63) is 42.4 Å². The van der Waals surface area contributed by atoms with Crippen molar-refractivity contribution in [1.82, 2.24) is 9.55 Å². The third-order valence-electron chi connectivity index (χ3n) is 4.76. The second-order valence-electron chi connectivity index (χ2n) is 6.05. The molecule has 3 atom stereocenters. The van der Waals surface area contributed by atoms with E-state index < -0.39 is 17.9 Å². The molecule has 110 valence electrons. The number of aliphatic hydroxyl groups excluding tert-OH is 1. The molecular weight excluding hydrogens is 274 g/mol. The largest absolute Gasteiger partial charge is 0.393 e. The lowest BCUT2D eigenvalue weighted by Gasteiger charge is -2.37. The van der Waals surface area contributed by atoms with Gasteiger partial charge in [-0.15, -0.1) is 0 Å². The van der Waals surface area contributed by atoms with Gasteiger partial charge in [-0.05, 0) is 12.0 Å². The van der Waals surface area contributed by atoms with Gasteiger partial charge in [-0.25, -0.2) is 13.8 Å². The van der Waals surface area contributed by atoms with Gasteiger partial charge in [-0.2, -0.15) is 0 Å². The van der Waals surface area contributed by atoms with Gasteiger partial charge in [0, 0.05) is 24.3 Å². The maximum absolute atomic E-state index is 13.8. The van der Waals surface area contributed by atoms with E-state index in [1.165, 1.54) is 0 Å². The van der Waals surface area contributed by atoms with E-state index in [2.05, 4.69) is 4.98 Å². The molecule has 1 aliphatic heterocycles. The van der Waals surface area contributed by atoms with Gasteiger partial charge in [0.25, 0.3) is 0 Å². The van der Waals surface area contributed by atoms with E-state index in [1.54, 1.807) is 12.5 Å². The number of nitrogens with zero attached hydrogens (tertiary/aromatic N) is 2. The molecule has 1 N–H and O–H groups in total. The lowest BCUT2D eigenvalue weighted by molar-refractivity contribution is -0.0990. The van der Waals surface area contributed by atoms with E-state index in [9.17, 15) is 13.9 Å². The minimum atomic E-state index is -2.69. The number of fused-ring (bicyclic) bond motifs is 3. The number of aromatic nitrogens is 2.